The Morgan fingerprint density at radius 2 is 1.71 bits per heavy atom. The molecule has 1 N–H and O–H groups in total. The molecular weight excluding hydrogens is 390 g/mol. The maximum absolute atomic E-state index is 12.8. The van der Waals surface area contributed by atoms with E-state index in [1.807, 2.05) is 37.3 Å². The van der Waals surface area contributed by atoms with Gasteiger partial charge in [-0.2, -0.15) is 0 Å². The van der Waals surface area contributed by atoms with Crippen LogP contribution in [-0.2, 0) is 13.1 Å². The summed E-state index contributed by atoms with van der Waals surface area (Å²) in [6.45, 7) is 5.36. The van der Waals surface area contributed by atoms with E-state index < -0.39 is 0 Å². The summed E-state index contributed by atoms with van der Waals surface area (Å²) >= 11 is 0. The Morgan fingerprint density at radius 1 is 1.03 bits per heavy atom. The van der Waals surface area contributed by atoms with Crippen LogP contribution in [0.25, 0.3) is 0 Å². The molecule has 7 heteroatoms. The molecule has 0 unspecified atom stereocenters. The van der Waals surface area contributed by atoms with Crippen LogP contribution in [0.5, 0.6) is 5.75 Å². The predicted octanol–water partition coefficient (Wildman–Crippen LogP) is 3.04. The fourth-order valence-corrected chi connectivity index (χ4v) is 3.95. The lowest BCUT2D eigenvalue weighted by atomic mass is 10.0. The number of piperidine rings is 1. The van der Waals surface area contributed by atoms with Crippen molar-refractivity contribution in [2.24, 2.45) is 0 Å². The van der Waals surface area contributed by atoms with Gasteiger partial charge < -0.3 is 10.1 Å². The van der Waals surface area contributed by atoms with Crippen LogP contribution in [-0.4, -0.2) is 52.0 Å². The first-order valence-corrected chi connectivity index (χ1v) is 10.7. The van der Waals surface area contributed by atoms with Crippen LogP contribution in [0.1, 0.15) is 40.2 Å². The Hall–Kier alpha value is -3.19. The number of nitrogens with zero attached hydrogens (tertiary/aromatic N) is 4. The van der Waals surface area contributed by atoms with E-state index in [4.69, 9.17) is 4.74 Å². The van der Waals surface area contributed by atoms with Gasteiger partial charge in [0.1, 0.15) is 5.75 Å². The van der Waals surface area contributed by atoms with Gasteiger partial charge in [-0.15, -0.1) is 5.10 Å². The second-order valence-corrected chi connectivity index (χ2v) is 8.04. The number of nitrogens with one attached hydrogen (secondary N) is 1. The molecule has 0 spiro atoms. The van der Waals surface area contributed by atoms with E-state index in [0.717, 1.165) is 49.5 Å². The average Bonchev–Trinajstić information content (AvgIpc) is 3.16. The van der Waals surface area contributed by atoms with Crippen molar-refractivity contribution in [3.63, 3.8) is 0 Å². The van der Waals surface area contributed by atoms with E-state index in [-0.39, 0.29) is 11.9 Å². The third kappa shape index (κ3) is 5.30. The summed E-state index contributed by atoms with van der Waals surface area (Å²) in [6, 6.07) is 18.5. The van der Waals surface area contributed by atoms with Crippen LogP contribution < -0.4 is 10.1 Å². The topological polar surface area (TPSA) is 72.3 Å². The third-order valence-electron chi connectivity index (χ3n) is 5.86. The van der Waals surface area contributed by atoms with Gasteiger partial charge in [0.2, 0.25) is 0 Å². The van der Waals surface area contributed by atoms with Crippen molar-refractivity contribution < 1.29 is 9.53 Å². The monoisotopic (exact) mass is 419 g/mol. The molecule has 162 valence electrons. The smallest absolute Gasteiger partial charge is 0.273 e. The highest BCUT2D eigenvalue weighted by atomic mass is 16.5. The summed E-state index contributed by atoms with van der Waals surface area (Å²) in [5.74, 6) is 0.675. The lowest BCUT2D eigenvalue weighted by Crippen LogP contribution is -2.44. The molecule has 1 amide bonds. The molecule has 0 atom stereocenters. The molecule has 1 aromatic heterocycles. The Bertz CT molecular complexity index is 993. The SMILES string of the molecule is COc1ccc(Cn2nnc(C(=O)NC3CCN(Cc4ccccc4)CC3)c2C)cc1. The number of hydrogen-bond acceptors (Lipinski definition) is 5. The first kappa shape index (κ1) is 21.1. The normalized spacial score (nSPS) is 15.0. The number of benzene rings is 2. The number of aromatic nitrogens is 3. The molecule has 3 aromatic rings. The summed E-state index contributed by atoms with van der Waals surface area (Å²) in [5.41, 5.74) is 3.58. The number of methoxy groups -OCH3 is 1. The molecule has 2 heterocycles. The number of rotatable bonds is 7. The molecule has 1 aliphatic heterocycles. The first-order valence-electron chi connectivity index (χ1n) is 10.7. The fraction of sp³-hybridized carbons (Fsp3) is 0.375. The molecule has 0 aliphatic carbocycles. The van der Waals surface area contributed by atoms with Gasteiger partial charge in [-0.05, 0) is 43.0 Å². The van der Waals surface area contributed by atoms with Gasteiger partial charge in [-0.1, -0.05) is 47.7 Å². The molecular formula is C24H29N5O2. The van der Waals surface area contributed by atoms with Crippen molar-refractivity contribution in [3.05, 3.63) is 77.1 Å². The van der Waals surface area contributed by atoms with Gasteiger partial charge in [-0.25, -0.2) is 4.68 Å². The van der Waals surface area contributed by atoms with E-state index in [2.05, 4.69) is 44.8 Å². The molecule has 1 saturated heterocycles. The van der Waals surface area contributed by atoms with E-state index in [9.17, 15) is 4.79 Å². The molecule has 0 bridgehead atoms. The van der Waals surface area contributed by atoms with Gasteiger partial charge in [0.25, 0.3) is 5.91 Å². The van der Waals surface area contributed by atoms with Crippen LogP contribution in [0, 0.1) is 6.92 Å². The van der Waals surface area contributed by atoms with Crippen LogP contribution in [0.2, 0.25) is 0 Å². The maximum Gasteiger partial charge on any atom is 0.273 e. The molecule has 7 nitrogen and oxygen atoms in total. The molecule has 4 rings (SSSR count). The number of carbonyl (C=O) groups excluding carboxylic acids is 1. The Labute approximate surface area is 183 Å². The predicted molar refractivity (Wildman–Crippen MR) is 119 cm³/mol. The lowest BCUT2D eigenvalue weighted by molar-refractivity contribution is 0.0903. The van der Waals surface area contributed by atoms with Crippen molar-refractivity contribution in [2.45, 2.75) is 38.9 Å². The molecule has 1 aliphatic rings. The standard InChI is InChI=1S/C24H29N5O2/c1-18-23(26-27-29(18)17-20-8-10-22(31-2)11-9-20)24(30)25-21-12-14-28(15-13-21)16-19-6-4-3-5-7-19/h3-11,21H,12-17H2,1-2H3,(H,25,30). The minimum Gasteiger partial charge on any atom is -0.497 e. The summed E-state index contributed by atoms with van der Waals surface area (Å²) in [6.07, 6.45) is 1.88. The van der Waals surface area contributed by atoms with Crippen molar-refractivity contribution in [1.29, 1.82) is 0 Å². The van der Waals surface area contributed by atoms with Crippen LogP contribution in [0.4, 0.5) is 0 Å². The number of likely N-dealkylation sites (tertiary alicyclic amines) is 1. The zero-order valence-corrected chi connectivity index (χ0v) is 18.1. The van der Waals surface area contributed by atoms with Crippen molar-refractivity contribution in [1.82, 2.24) is 25.2 Å². The third-order valence-corrected chi connectivity index (χ3v) is 5.86. The highest BCUT2D eigenvalue weighted by Crippen LogP contribution is 2.16. The average molecular weight is 420 g/mol. The van der Waals surface area contributed by atoms with Crippen molar-refractivity contribution in [2.75, 3.05) is 20.2 Å². The summed E-state index contributed by atoms with van der Waals surface area (Å²) in [5, 5.41) is 11.5. The number of hydrogen-bond donors (Lipinski definition) is 1. The van der Waals surface area contributed by atoms with Gasteiger partial charge in [0.15, 0.2) is 5.69 Å². The molecule has 2 aromatic carbocycles. The first-order chi connectivity index (χ1) is 15.1. The number of ether oxygens (including phenoxy) is 1. The highest BCUT2D eigenvalue weighted by Gasteiger charge is 2.24. The van der Waals surface area contributed by atoms with Crippen LogP contribution in [0.15, 0.2) is 54.6 Å². The maximum atomic E-state index is 12.8. The minimum absolute atomic E-state index is 0.139. The summed E-state index contributed by atoms with van der Waals surface area (Å²) < 4.78 is 6.96. The van der Waals surface area contributed by atoms with Crippen LogP contribution >= 0.6 is 0 Å². The zero-order chi connectivity index (χ0) is 21.6. The second-order valence-electron chi connectivity index (χ2n) is 8.04. The van der Waals surface area contributed by atoms with Gasteiger partial charge in [0, 0.05) is 25.7 Å². The van der Waals surface area contributed by atoms with E-state index in [1.165, 1.54) is 5.56 Å². The lowest BCUT2D eigenvalue weighted by Gasteiger charge is -2.32. The van der Waals surface area contributed by atoms with Gasteiger partial charge in [0.05, 0.1) is 19.3 Å². The molecule has 1 fully saturated rings. The molecule has 0 radical (unpaired) electrons. The molecule has 31 heavy (non-hydrogen) atoms. The Kier molecular flexibility index (Phi) is 6.62. The summed E-state index contributed by atoms with van der Waals surface area (Å²) in [4.78, 5) is 15.2. The second kappa shape index (κ2) is 9.75. The zero-order valence-electron chi connectivity index (χ0n) is 18.1. The van der Waals surface area contributed by atoms with E-state index in [0.29, 0.717) is 12.2 Å². The largest absolute Gasteiger partial charge is 0.497 e. The number of amides is 1. The summed E-state index contributed by atoms with van der Waals surface area (Å²) in [7, 11) is 1.65. The van der Waals surface area contributed by atoms with Crippen LogP contribution in [0.3, 0.4) is 0 Å². The van der Waals surface area contributed by atoms with Crippen molar-refractivity contribution in [3.8, 4) is 5.75 Å². The number of carbonyl (C=O) groups is 1. The fourth-order valence-electron chi connectivity index (χ4n) is 3.95. The van der Waals surface area contributed by atoms with Gasteiger partial charge >= 0.3 is 0 Å². The van der Waals surface area contributed by atoms with E-state index in [1.54, 1.807) is 11.8 Å². The van der Waals surface area contributed by atoms with E-state index >= 15 is 0 Å². The van der Waals surface area contributed by atoms with Crippen molar-refractivity contribution >= 4 is 5.91 Å². The minimum atomic E-state index is -0.139. The Morgan fingerprint density at radius 3 is 2.39 bits per heavy atom. The highest BCUT2D eigenvalue weighted by molar-refractivity contribution is 5.93. The quantitative estimate of drug-likeness (QED) is 0.637. The Balaban J connectivity index is 1.30. The van der Waals surface area contributed by atoms with Gasteiger partial charge in [-0.3, -0.25) is 9.69 Å². The molecule has 0 saturated carbocycles.